The van der Waals surface area contributed by atoms with Crippen molar-refractivity contribution in [2.75, 3.05) is 10.6 Å². The van der Waals surface area contributed by atoms with Crippen molar-refractivity contribution in [3.05, 3.63) is 205 Å². The van der Waals surface area contributed by atoms with Gasteiger partial charge < -0.3 is 10.6 Å². The second-order valence-electron chi connectivity index (χ2n) is 17.2. The molecule has 0 atom stereocenters. The van der Waals surface area contributed by atoms with Crippen molar-refractivity contribution in [3.8, 4) is 55.6 Å². The van der Waals surface area contributed by atoms with Crippen LogP contribution in [-0.2, 0) is 10.8 Å². The van der Waals surface area contributed by atoms with E-state index in [1.807, 2.05) is 0 Å². The number of benzene rings is 8. The quantitative estimate of drug-likeness (QED) is 0.153. The molecule has 0 saturated carbocycles. The minimum atomic E-state index is -0.0889. The fourth-order valence-electron chi connectivity index (χ4n) is 7.91. The number of hydrogen-bond donors (Lipinski definition) is 2. The van der Waals surface area contributed by atoms with E-state index in [9.17, 15) is 0 Å². The van der Waals surface area contributed by atoms with Gasteiger partial charge in [0, 0.05) is 33.6 Å². The van der Waals surface area contributed by atoms with E-state index in [0.717, 1.165) is 72.8 Å². The summed E-state index contributed by atoms with van der Waals surface area (Å²) in [7, 11) is 0. The van der Waals surface area contributed by atoms with E-state index in [4.69, 9.17) is 0 Å². The molecule has 0 unspecified atom stereocenters. The fourth-order valence-corrected chi connectivity index (χ4v) is 7.91. The molecule has 8 aromatic carbocycles. The summed E-state index contributed by atoms with van der Waals surface area (Å²) >= 11 is 0. The summed E-state index contributed by atoms with van der Waals surface area (Å²) in [5.74, 6) is 0. The largest absolute Gasteiger partial charge is 0.354 e. The van der Waals surface area contributed by atoms with Crippen molar-refractivity contribution < 1.29 is 0 Å². The Morgan fingerprint density at radius 2 is 0.655 bits per heavy atom. The van der Waals surface area contributed by atoms with Crippen molar-refractivity contribution in [3.63, 3.8) is 0 Å². The second-order valence-corrected chi connectivity index (χ2v) is 17.2. The molecule has 2 heteroatoms. The highest BCUT2D eigenvalue weighted by molar-refractivity contribution is 5.96. The van der Waals surface area contributed by atoms with Gasteiger partial charge in [-0.05, 0) is 73.5 Å². The summed E-state index contributed by atoms with van der Waals surface area (Å²) in [6.07, 6.45) is 0. The molecule has 0 aromatic heterocycles. The van der Waals surface area contributed by atoms with Gasteiger partial charge >= 0.3 is 0 Å². The topological polar surface area (TPSA) is 24.1 Å². The SMILES string of the molecule is CC(C)(C)c1ccc(-c2cc(Nc3c(-c4ccccc4)cccc3-c3ccccc3)cc(Nc3c(-c4ccccc4)cccc3-c3ccccc3)c2)c(C(C)(C)C)c1. The third kappa shape index (κ3) is 8.24. The molecule has 8 aromatic rings. The predicted molar refractivity (Wildman–Crippen MR) is 250 cm³/mol. The summed E-state index contributed by atoms with van der Waals surface area (Å²) < 4.78 is 0. The van der Waals surface area contributed by atoms with E-state index >= 15 is 0 Å². The molecule has 0 aliphatic heterocycles. The first kappa shape index (κ1) is 38.2. The van der Waals surface area contributed by atoms with Gasteiger partial charge in [0.25, 0.3) is 0 Å². The van der Waals surface area contributed by atoms with Gasteiger partial charge in [-0.25, -0.2) is 0 Å². The lowest BCUT2D eigenvalue weighted by Gasteiger charge is -2.28. The first-order valence-electron chi connectivity index (χ1n) is 20.4. The second kappa shape index (κ2) is 16.1. The molecule has 8 rings (SSSR count). The number of para-hydroxylation sites is 2. The van der Waals surface area contributed by atoms with Gasteiger partial charge in [0.2, 0.25) is 0 Å². The Balaban J connectivity index is 1.36. The van der Waals surface area contributed by atoms with Crippen LogP contribution in [0.5, 0.6) is 0 Å². The number of anilines is 4. The first-order chi connectivity index (χ1) is 28.0. The summed E-state index contributed by atoms with van der Waals surface area (Å²) in [6.45, 7) is 13.9. The summed E-state index contributed by atoms with van der Waals surface area (Å²) in [5.41, 5.74) is 18.3. The zero-order valence-corrected chi connectivity index (χ0v) is 34.5. The maximum atomic E-state index is 4.02. The van der Waals surface area contributed by atoms with E-state index < -0.39 is 0 Å². The van der Waals surface area contributed by atoms with Crippen LogP contribution in [0.4, 0.5) is 22.7 Å². The van der Waals surface area contributed by atoms with E-state index in [-0.39, 0.29) is 10.8 Å². The lowest BCUT2D eigenvalue weighted by molar-refractivity contribution is 0.570. The van der Waals surface area contributed by atoms with Crippen LogP contribution in [0.1, 0.15) is 52.7 Å². The van der Waals surface area contributed by atoms with E-state index in [0.29, 0.717) is 0 Å². The molecule has 0 aliphatic carbocycles. The highest BCUT2D eigenvalue weighted by Gasteiger charge is 2.24. The molecular weight excluding hydrogens is 701 g/mol. The Morgan fingerprint density at radius 3 is 0.983 bits per heavy atom. The van der Waals surface area contributed by atoms with E-state index in [2.05, 4.69) is 246 Å². The molecule has 0 aliphatic rings. The molecule has 2 N–H and O–H groups in total. The summed E-state index contributed by atoms with van der Waals surface area (Å²) in [5, 5.41) is 8.04. The van der Waals surface area contributed by atoms with E-state index in [1.54, 1.807) is 0 Å². The Kier molecular flexibility index (Phi) is 10.6. The van der Waals surface area contributed by atoms with Crippen molar-refractivity contribution in [1.82, 2.24) is 0 Å². The van der Waals surface area contributed by atoms with Gasteiger partial charge in [-0.2, -0.15) is 0 Å². The first-order valence-corrected chi connectivity index (χ1v) is 20.4. The molecular formula is C56H52N2. The maximum Gasteiger partial charge on any atom is 0.0543 e. The van der Waals surface area contributed by atoms with Gasteiger partial charge in [-0.1, -0.05) is 217 Å². The Morgan fingerprint density at radius 1 is 0.293 bits per heavy atom. The Hall–Kier alpha value is -6.64. The van der Waals surface area contributed by atoms with Gasteiger partial charge in [-0.3, -0.25) is 0 Å². The van der Waals surface area contributed by atoms with Crippen LogP contribution in [0.3, 0.4) is 0 Å². The average Bonchev–Trinajstić information content (AvgIpc) is 3.24. The lowest BCUT2D eigenvalue weighted by Crippen LogP contribution is -2.17. The Bertz CT molecular complexity index is 2390. The average molecular weight is 753 g/mol. The zero-order valence-electron chi connectivity index (χ0n) is 34.5. The van der Waals surface area contributed by atoms with Crippen LogP contribution in [0, 0.1) is 0 Å². The lowest BCUT2D eigenvalue weighted by atomic mass is 9.77. The molecule has 58 heavy (non-hydrogen) atoms. The van der Waals surface area contributed by atoms with Crippen molar-refractivity contribution in [1.29, 1.82) is 0 Å². The molecule has 0 heterocycles. The minimum absolute atomic E-state index is 0.0264. The zero-order chi connectivity index (χ0) is 40.3. The van der Waals surface area contributed by atoms with Gasteiger partial charge in [0.05, 0.1) is 11.4 Å². The number of rotatable bonds is 9. The summed E-state index contributed by atoms with van der Waals surface area (Å²) in [4.78, 5) is 0. The molecule has 0 amide bonds. The molecule has 0 radical (unpaired) electrons. The van der Waals surface area contributed by atoms with Crippen LogP contribution in [0.25, 0.3) is 55.6 Å². The van der Waals surface area contributed by atoms with Crippen LogP contribution < -0.4 is 10.6 Å². The van der Waals surface area contributed by atoms with Gasteiger partial charge in [-0.15, -0.1) is 0 Å². The highest BCUT2D eigenvalue weighted by Crippen LogP contribution is 2.44. The highest BCUT2D eigenvalue weighted by atomic mass is 14.9. The van der Waals surface area contributed by atoms with Crippen LogP contribution in [-0.4, -0.2) is 0 Å². The monoisotopic (exact) mass is 752 g/mol. The predicted octanol–water partition coefficient (Wildman–Crippen LogP) is 16.1. The molecule has 286 valence electrons. The minimum Gasteiger partial charge on any atom is -0.354 e. The van der Waals surface area contributed by atoms with Gasteiger partial charge in [0.15, 0.2) is 0 Å². The van der Waals surface area contributed by atoms with Crippen LogP contribution in [0.15, 0.2) is 194 Å². The van der Waals surface area contributed by atoms with Crippen molar-refractivity contribution in [2.45, 2.75) is 52.4 Å². The molecule has 0 spiro atoms. The molecule has 0 saturated heterocycles. The fraction of sp³-hybridized carbons (Fsp3) is 0.143. The third-order valence-corrected chi connectivity index (χ3v) is 10.9. The van der Waals surface area contributed by atoms with Crippen LogP contribution in [0.2, 0.25) is 0 Å². The summed E-state index contributed by atoms with van der Waals surface area (Å²) in [6, 6.07) is 69.9. The Labute approximate surface area is 345 Å². The number of hydrogen-bond acceptors (Lipinski definition) is 2. The van der Waals surface area contributed by atoms with Gasteiger partial charge in [0.1, 0.15) is 0 Å². The van der Waals surface area contributed by atoms with Crippen molar-refractivity contribution in [2.24, 2.45) is 0 Å². The third-order valence-electron chi connectivity index (χ3n) is 10.9. The molecule has 2 nitrogen and oxygen atoms in total. The normalized spacial score (nSPS) is 11.6. The molecule has 0 fully saturated rings. The smallest absolute Gasteiger partial charge is 0.0543 e. The molecule has 0 bridgehead atoms. The van der Waals surface area contributed by atoms with Crippen molar-refractivity contribution >= 4 is 22.7 Å². The van der Waals surface area contributed by atoms with Crippen LogP contribution >= 0.6 is 0 Å². The number of nitrogens with one attached hydrogen (secondary N) is 2. The maximum absolute atomic E-state index is 4.02. The van der Waals surface area contributed by atoms with E-state index in [1.165, 1.54) is 16.7 Å². The standard InChI is InChI=1S/C56H52N2/c1-55(2,3)44-33-34-47(52(37-44)56(4,5)6)43-35-45(57-53-48(39-21-11-7-12-22-39)29-19-30-49(53)40-23-13-8-14-24-40)38-46(36-43)58-54-50(41-25-15-9-16-26-41)31-20-32-51(54)42-27-17-10-18-28-42/h7-38,57-58H,1-6H3.